The number of amides is 2. The summed E-state index contributed by atoms with van der Waals surface area (Å²) in [5.41, 5.74) is 6.95. The minimum absolute atomic E-state index is 0. The van der Waals surface area contributed by atoms with Gasteiger partial charge in [0.05, 0.1) is 25.7 Å². The highest BCUT2D eigenvalue weighted by Gasteiger charge is 2.27. The van der Waals surface area contributed by atoms with E-state index in [0.29, 0.717) is 6.54 Å². The molecule has 1 aromatic rings. The lowest BCUT2D eigenvalue weighted by Crippen LogP contribution is -2.48. The molecule has 1 unspecified atom stereocenters. The molecule has 1 aromatic carbocycles. The van der Waals surface area contributed by atoms with Gasteiger partial charge < -0.3 is 20.7 Å². The average Bonchev–Trinajstić information content (AvgIpc) is 2.91. The van der Waals surface area contributed by atoms with Gasteiger partial charge in [-0.25, -0.2) is 0 Å². The van der Waals surface area contributed by atoms with Gasteiger partial charge in [-0.05, 0) is 36.5 Å². The molecule has 1 aliphatic rings. The quantitative estimate of drug-likeness (QED) is 0.772. The van der Waals surface area contributed by atoms with Gasteiger partial charge in [-0.2, -0.15) is 0 Å². The van der Waals surface area contributed by atoms with Crippen LogP contribution in [0, 0.1) is 5.92 Å². The Labute approximate surface area is 168 Å². The number of likely N-dealkylation sites (tertiary alicyclic amines) is 1. The fourth-order valence-electron chi connectivity index (χ4n) is 3.26. The first kappa shape index (κ1) is 23.2. The van der Waals surface area contributed by atoms with E-state index < -0.39 is 6.04 Å². The van der Waals surface area contributed by atoms with Crippen LogP contribution in [0.25, 0.3) is 0 Å². The Bertz CT molecular complexity index is 607. The van der Waals surface area contributed by atoms with Gasteiger partial charge in [0.1, 0.15) is 5.75 Å². The van der Waals surface area contributed by atoms with Crippen molar-refractivity contribution in [3.05, 3.63) is 29.8 Å². The van der Waals surface area contributed by atoms with Crippen molar-refractivity contribution in [1.29, 1.82) is 0 Å². The summed E-state index contributed by atoms with van der Waals surface area (Å²) in [6, 6.07) is 7.32. The van der Waals surface area contributed by atoms with Crippen LogP contribution in [0.4, 0.5) is 0 Å². The van der Waals surface area contributed by atoms with E-state index in [4.69, 9.17) is 10.5 Å². The molecular weight excluding hydrogens is 366 g/mol. The van der Waals surface area contributed by atoms with E-state index in [1.165, 1.54) is 0 Å². The van der Waals surface area contributed by atoms with Crippen molar-refractivity contribution in [2.45, 2.75) is 51.6 Å². The van der Waals surface area contributed by atoms with Gasteiger partial charge in [-0.15, -0.1) is 12.4 Å². The number of nitrogens with two attached hydrogens (primary N) is 1. The number of carbonyl (C=O) groups excluding carboxylic acids is 2. The monoisotopic (exact) mass is 397 g/mol. The van der Waals surface area contributed by atoms with Gasteiger partial charge >= 0.3 is 0 Å². The first-order valence-electron chi connectivity index (χ1n) is 9.40. The third kappa shape index (κ3) is 6.40. The van der Waals surface area contributed by atoms with Gasteiger partial charge in [-0.3, -0.25) is 9.59 Å². The Morgan fingerprint density at radius 2 is 1.89 bits per heavy atom. The number of carbonyl (C=O) groups is 2. The van der Waals surface area contributed by atoms with Gasteiger partial charge in [0, 0.05) is 6.54 Å². The van der Waals surface area contributed by atoms with Crippen LogP contribution in [0.5, 0.6) is 5.75 Å². The molecule has 0 aliphatic carbocycles. The van der Waals surface area contributed by atoms with E-state index in [2.05, 4.69) is 5.32 Å². The molecule has 0 bridgehead atoms. The number of methoxy groups -OCH3 is 1. The fraction of sp³-hybridized carbons (Fsp3) is 0.600. The lowest BCUT2D eigenvalue weighted by Gasteiger charge is -2.31. The molecule has 0 spiro atoms. The zero-order chi connectivity index (χ0) is 19.1. The summed E-state index contributed by atoms with van der Waals surface area (Å²) < 4.78 is 5.22. The molecule has 2 atom stereocenters. The topological polar surface area (TPSA) is 84.7 Å². The predicted molar refractivity (Wildman–Crippen MR) is 109 cm³/mol. The molecule has 0 radical (unpaired) electrons. The molecule has 152 valence electrons. The Morgan fingerprint density at radius 3 is 2.48 bits per heavy atom. The summed E-state index contributed by atoms with van der Waals surface area (Å²) in [6.45, 7) is 4.48. The summed E-state index contributed by atoms with van der Waals surface area (Å²) in [5.74, 6) is 0.506. The van der Waals surface area contributed by atoms with Crippen LogP contribution in [0.1, 0.15) is 51.1 Å². The Balaban J connectivity index is 0.00000364. The summed E-state index contributed by atoms with van der Waals surface area (Å²) in [7, 11) is 1.64. The van der Waals surface area contributed by atoms with Crippen LogP contribution in [-0.4, -0.2) is 43.0 Å². The minimum Gasteiger partial charge on any atom is -0.497 e. The zero-order valence-electron chi connectivity index (χ0n) is 16.4. The molecule has 2 rings (SSSR count). The fourth-order valence-corrected chi connectivity index (χ4v) is 3.26. The SMILES string of the molecule is COc1ccc(C2CCCCCN2C(=O)CNC(=O)[C@@H](N)C(C)C)cc1.Cl. The van der Waals surface area contributed by atoms with Crippen LogP contribution in [0.2, 0.25) is 0 Å². The number of nitrogens with zero attached hydrogens (tertiary/aromatic N) is 1. The van der Waals surface area contributed by atoms with Crippen molar-refractivity contribution in [3.8, 4) is 5.75 Å². The summed E-state index contributed by atoms with van der Waals surface area (Å²) in [5, 5.41) is 2.70. The summed E-state index contributed by atoms with van der Waals surface area (Å²) >= 11 is 0. The number of benzene rings is 1. The van der Waals surface area contributed by atoms with E-state index in [9.17, 15) is 9.59 Å². The van der Waals surface area contributed by atoms with Gasteiger partial charge in [0.25, 0.3) is 0 Å². The smallest absolute Gasteiger partial charge is 0.242 e. The molecule has 7 heteroatoms. The Kier molecular flexibility index (Phi) is 9.60. The van der Waals surface area contributed by atoms with Crippen molar-refractivity contribution in [1.82, 2.24) is 10.2 Å². The molecule has 1 aliphatic heterocycles. The van der Waals surface area contributed by atoms with Crippen LogP contribution in [-0.2, 0) is 9.59 Å². The second-order valence-corrected chi connectivity index (χ2v) is 7.21. The molecule has 0 saturated carbocycles. The molecular formula is C20H32ClN3O3. The Hall–Kier alpha value is -1.79. The maximum atomic E-state index is 12.8. The van der Waals surface area contributed by atoms with Gasteiger partial charge in [-0.1, -0.05) is 38.8 Å². The predicted octanol–water partition coefficient (Wildman–Crippen LogP) is 2.66. The average molecular weight is 398 g/mol. The normalized spacial score (nSPS) is 18.3. The van der Waals surface area contributed by atoms with Gasteiger partial charge in [0.15, 0.2) is 0 Å². The lowest BCUT2D eigenvalue weighted by atomic mass is 10.0. The largest absolute Gasteiger partial charge is 0.497 e. The maximum absolute atomic E-state index is 12.8. The van der Waals surface area contributed by atoms with Crippen molar-refractivity contribution in [2.75, 3.05) is 20.2 Å². The lowest BCUT2D eigenvalue weighted by molar-refractivity contribution is -0.135. The first-order valence-corrected chi connectivity index (χ1v) is 9.40. The highest BCUT2D eigenvalue weighted by atomic mass is 35.5. The minimum atomic E-state index is -0.593. The molecule has 2 amide bonds. The van der Waals surface area contributed by atoms with Crippen LogP contribution >= 0.6 is 12.4 Å². The highest BCUT2D eigenvalue weighted by molar-refractivity contribution is 5.87. The van der Waals surface area contributed by atoms with Crippen molar-refractivity contribution in [3.63, 3.8) is 0 Å². The molecule has 1 saturated heterocycles. The number of hydrogen-bond acceptors (Lipinski definition) is 4. The van der Waals surface area contributed by atoms with E-state index in [-0.39, 0.29) is 42.7 Å². The van der Waals surface area contributed by atoms with Crippen LogP contribution in [0.15, 0.2) is 24.3 Å². The van der Waals surface area contributed by atoms with Gasteiger partial charge in [0.2, 0.25) is 11.8 Å². The molecule has 1 fully saturated rings. The molecule has 1 heterocycles. The number of rotatable bonds is 6. The molecule has 3 N–H and O–H groups in total. The van der Waals surface area contributed by atoms with Crippen LogP contribution in [0.3, 0.4) is 0 Å². The molecule has 27 heavy (non-hydrogen) atoms. The maximum Gasteiger partial charge on any atom is 0.242 e. The van der Waals surface area contributed by atoms with Crippen molar-refractivity contribution in [2.24, 2.45) is 11.7 Å². The molecule has 0 aromatic heterocycles. The number of hydrogen-bond donors (Lipinski definition) is 2. The highest BCUT2D eigenvalue weighted by Crippen LogP contribution is 2.31. The standard InChI is InChI=1S/C20H31N3O3.ClH/c1-14(2)19(21)20(25)22-13-18(24)23-12-6-4-5-7-17(23)15-8-10-16(26-3)11-9-15;/h8-11,14,17,19H,4-7,12-13,21H2,1-3H3,(H,22,25);1H/t17?,19-;/m0./s1. The van der Waals surface area contributed by atoms with Crippen molar-refractivity contribution < 1.29 is 14.3 Å². The second-order valence-electron chi connectivity index (χ2n) is 7.21. The van der Waals surface area contributed by atoms with E-state index >= 15 is 0 Å². The number of halogens is 1. The first-order chi connectivity index (χ1) is 12.4. The Morgan fingerprint density at radius 1 is 1.22 bits per heavy atom. The third-order valence-corrected chi connectivity index (χ3v) is 5.01. The van der Waals surface area contributed by atoms with Crippen molar-refractivity contribution >= 4 is 24.2 Å². The molecule has 6 nitrogen and oxygen atoms in total. The zero-order valence-corrected chi connectivity index (χ0v) is 17.3. The van der Waals surface area contributed by atoms with E-state index in [0.717, 1.165) is 37.0 Å². The summed E-state index contributed by atoms with van der Waals surface area (Å²) in [6.07, 6.45) is 4.11. The number of ether oxygens (including phenoxy) is 1. The summed E-state index contributed by atoms with van der Waals surface area (Å²) in [4.78, 5) is 26.7. The third-order valence-electron chi connectivity index (χ3n) is 5.01. The van der Waals surface area contributed by atoms with Crippen LogP contribution < -0.4 is 15.8 Å². The second kappa shape index (κ2) is 11.1. The van der Waals surface area contributed by atoms with E-state index in [1.54, 1.807) is 7.11 Å². The van der Waals surface area contributed by atoms with E-state index in [1.807, 2.05) is 43.0 Å². The number of nitrogens with one attached hydrogen (secondary N) is 1.